The fraction of sp³-hybridized carbons (Fsp3) is 0.375. The fourth-order valence-electron chi connectivity index (χ4n) is 4.92. The molecule has 6 rings (SSSR count). The monoisotopic (exact) mass is 524 g/mol. The van der Waals surface area contributed by atoms with Crippen LogP contribution in [-0.2, 0) is 0 Å². The number of aromatic nitrogens is 4. The molecule has 35 heavy (non-hydrogen) atoms. The number of benzene rings is 1. The highest BCUT2D eigenvalue weighted by atomic mass is 35.5. The number of alkyl halides is 3. The third kappa shape index (κ3) is 4.70. The highest BCUT2D eigenvalue weighted by molar-refractivity contribution is 5.86. The molecule has 6 nitrogen and oxygen atoms in total. The van der Waals surface area contributed by atoms with Gasteiger partial charge < -0.3 is 5.73 Å². The zero-order valence-electron chi connectivity index (χ0n) is 18.7. The molecule has 11 heteroatoms. The molecule has 4 heterocycles. The maximum absolute atomic E-state index is 14.1. The van der Waals surface area contributed by atoms with Crippen molar-refractivity contribution < 1.29 is 13.2 Å². The predicted octanol–water partition coefficient (Wildman–Crippen LogP) is 5.30. The Balaban J connectivity index is 0.00000144. The summed E-state index contributed by atoms with van der Waals surface area (Å²) in [6, 6.07) is 11.1. The standard InChI is InChI=1S/C24H23F3N6.2ClH/c25-24(26,27)22(32-11-10-17(28)13-32)16-7-9-20-30-31-23(33(20)12-16)19-8-6-15-2-1-3-18(14-4-5-14)21(15)29-19;;/h1-3,6-9,12,14,17,22H,4-5,10-11,13,28H2;2*1H/t17-,22-;;/m0../s1. The van der Waals surface area contributed by atoms with Gasteiger partial charge in [-0.2, -0.15) is 13.2 Å². The molecule has 0 spiro atoms. The van der Waals surface area contributed by atoms with Gasteiger partial charge in [0.15, 0.2) is 11.5 Å². The van der Waals surface area contributed by atoms with E-state index in [0.29, 0.717) is 36.0 Å². The van der Waals surface area contributed by atoms with Crippen molar-refractivity contribution in [1.29, 1.82) is 0 Å². The molecule has 2 N–H and O–H groups in total. The Bertz CT molecular complexity index is 1350. The average molecular weight is 525 g/mol. The molecule has 0 unspecified atom stereocenters. The topological polar surface area (TPSA) is 72.3 Å². The minimum atomic E-state index is -4.42. The number of halogens is 5. The van der Waals surface area contributed by atoms with Gasteiger partial charge in [-0.15, -0.1) is 35.0 Å². The number of hydrogen-bond acceptors (Lipinski definition) is 5. The van der Waals surface area contributed by atoms with Crippen LogP contribution < -0.4 is 5.73 Å². The van der Waals surface area contributed by atoms with E-state index in [0.717, 1.165) is 23.7 Å². The van der Waals surface area contributed by atoms with Crippen molar-refractivity contribution in [3.8, 4) is 11.5 Å². The maximum Gasteiger partial charge on any atom is 0.408 e. The summed E-state index contributed by atoms with van der Waals surface area (Å²) in [7, 11) is 0. The van der Waals surface area contributed by atoms with Crippen LogP contribution in [0.15, 0.2) is 48.7 Å². The summed E-state index contributed by atoms with van der Waals surface area (Å²) >= 11 is 0. The lowest BCUT2D eigenvalue weighted by Gasteiger charge is -2.30. The van der Waals surface area contributed by atoms with Crippen LogP contribution in [0.25, 0.3) is 28.1 Å². The normalized spacial score (nSPS) is 19.5. The SMILES string of the molecule is Cl.Cl.N[C@H]1CCN([C@@H](c2ccc3nnc(-c4ccc5cccc(C6CC6)c5n4)n3c2)C(F)(F)F)C1. The van der Waals surface area contributed by atoms with E-state index in [1.165, 1.54) is 22.7 Å². The second-order valence-corrected chi connectivity index (χ2v) is 9.09. The zero-order valence-corrected chi connectivity index (χ0v) is 20.3. The molecule has 3 aromatic heterocycles. The molecule has 1 aliphatic carbocycles. The molecule has 2 aliphatic rings. The van der Waals surface area contributed by atoms with Gasteiger partial charge in [0.2, 0.25) is 0 Å². The number of hydrogen-bond donors (Lipinski definition) is 1. The first kappa shape index (κ1) is 25.6. The first-order valence-electron chi connectivity index (χ1n) is 11.2. The molecule has 1 aromatic carbocycles. The van der Waals surface area contributed by atoms with Gasteiger partial charge in [-0.05, 0) is 48.4 Å². The van der Waals surface area contributed by atoms with Gasteiger partial charge in [0.25, 0.3) is 0 Å². The zero-order chi connectivity index (χ0) is 22.7. The number of likely N-dealkylation sites (tertiary alicyclic amines) is 1. The van der Waals surface area contributed by atoms with Crippen molar-refractivity contribution in [3.05, 3.63) is 59.8 Å². The molecule has 4 aromatic rings. The van der Waals surface area contributed by atoms with E-state index >= 15 is 0 Å². The maximum atomic E-state index is 14.1. The Morgan fingerprint density at radius 2 is 1.77 bits per heavy atom. The van der Waals surface area contributed by atoms with E-state index in [2.05, 4.69) is 16.3 Å². The Morgan fingerprint density at radius 1 is 0.971 bits per heavy atom. The van der Waals surface area contributed by atoms with Crippen molar-refractivity contribution >= 4 is 41.4 Å². The van der Waals surface area contributed by atoms with Gasteiger partial charge in [0, 0.05) is 30.7 Å². The van der Waals surface area contributed by atoms with Crippen LogP contribution in [0.3, 0.4) is 0 Å². The third-order valence-electron chi connectivity index (χ3n) is 6.67. The Labute approximate surface area is 212 Å². The van der Waals surface area contributed by atoms with Crippen molar-refractivity contribution in [2.45, 2.75) is 43.4 Å². The van der Waals surface area contributed by atoms with Crippen LogP contribution in [0.2, 0.25) is 0 Å². The highest BCUT2D eigenvalue weighted by Crippen LogP contribution is 2.43. The lowest BCUT2D eigenvalue weighted by molar-refractivity contribution is -0.183. The van der Waals surface area contributed by atoms with Crippen molar-refractivity contribution in [3.63, 3.8) is 0 Å². The lowest BCUT2D eigenvalue weighted by atomic mass is 10.1. The summed E-state index contributed by atoms with van der Waals surface area (Å²) in [5.74, 6) is 0.955. The van der Waals surface area contributed by atoms with E-state index in [1.54, 1.807) is 10.5 Å². The van der Waals surface area contributed by atoms with E-state index in [9.17, 15) is 13.2 Å². The molecule has 1 saturated carbocycles. The minimum Gasteiger partial charge on any atom is -0.326 e. The summed E-state index contributed by atoms with van der Waals surface area (Å²) < 4.78 is 43.9. The Hall–Kier alpha value is -2.46. The molecular formula is C24H25Cl2F3N6. The average Bonchev–Trinajstić information content (AvgIpc) is 3.41. The first-order chi connectivity index (χ1) is 15.9. The summed E-state index contributed by atoms with van der Waals surface area (Å²) in [6.07, 6.45) is -0.0723. The quantitative estimate of drug-likeness (QED) is 0.392. The molecular weight excluding hydrogens is 500 g/mol. The molecule has 0 radical (unpaired) electrons. The van der Waals surface area contributed by atoms with Crippen LogP contribution in [0.4, 0.5) is 13.2 Å². The molecule has 2 atom stereocenters. The van der Waals surface area contributed by atoms with Gasteiger partial charge in [0.1, 0.15) is 11.7 Å². The van der Waals surface area contributed by atoms with Crippen molar-refractivity contribution in [2.75, 3.05) is 13.1 Å². The second-order valence-electron chi connectivity index (χ2n) is 9.09. The molecule has 0 bridgehead atoms. The van der Waals surface area contributed by atoms with Gasteiger partial charge >= 0.3 is 6.18 Å². The van der Waals surface area contributed by atoms with E-state index < -0.39 is 12.2 Å². The summed E-state index contributed by atoms with van der Waals surface area (Å²) in [5, 5.41) is 9.49. The third-order valence-corrected chi connectivity index (χ3v) is 6.67. The fourth-order valence-corrected chi connectivity index (χ4v) is 4.92. The second kappa shape index (κ2) is 9.54. The van der Waals surface area contributed by atoms with Crippen LogP contribution in [0.5, 0.6) is 0 Å². The lowest BCUT2D eigenvalue weighted by Crippen LogP contribution is -2.38. The molecule has 186 valence electrons. The van der Waals surface area contributed by atoms with E-state index in [4.69, 9.17) is 10.7 Å². The number of para-hydroxylation sites is 1. The number of fused-ring (bicyclic) bond motifs is 2. The number of pyridine rings is 2. The molecule has 1 saturated heterocycles. The predicted molar refractivity (Wildman–Crippen MR) is 133 cm³/mol. The number of nitrogens with two attached hydrogens (primary N) is 1. The number of rotatable bonds is 4. The first-order valence-corrected chi connectivity index (χ1v) is 11.2. The summed E-state index contributed by atoms with van der Waals surface area (Å²) in [5.41, 5.74) is 9.24. The Morgan fingerprint density at radius 3 is 2.46 bits per heavy atom. The molecule has 2 fully saturated rings. The summed E-state index contributed by atoms with van der Waals surface area (Å²) in [6.45, 7) is 0.530. The molecule has 0 amide bonds. The van der Waals surface area contributed by atoms with Crippen molar-refractivity contribution in [1.82, 2.24) is 24.5 Å². The largest absolute Gasteiger partial charge is 0.408 e. The van der Waals surface area contributed by atoms with E-state index in [1.807, 2.05) is 24.3 Å². The van der Waals surface area contributed by atoms with Crippen LogP contribution in [0.1, 0.15) is 42.3 Å². The van der Waals surface area contributed by atoms with E-state index in [-0.39, 0.29) is 43.0 Å². The van der Waals surface area contributed by atoms with Crippen molar-refractivity contribution in [2.24, 2.45) is 5.73 Å². The van der Waals surface area contributed by atoms with Gasteiger partial charge in [-0.3, -0.25) is 9.30 Å². The minimum absolute atomic E-state index is 0. The number of nitrogens with zero attached hydrogens (tertiary/aromatic N) is 5. The molecule has 1 aliphatic heterocycles. The van der Waals surface area contributed by atoms with Gasteiger partial charge in [0.05, 0.1) is 5.52 Å². The van der Waals surface area contributed by atoms with Gasteiger partial charge in [-0.25, -0.2) is 4.98 Å². The highest BCUT2D eigenvalue weighted by Gasteiger charge is 2.46. The smallest absolute Gasteiger partial charge is 0.326 e. The van der Waals surface area contributed by atoms with Gasteiger partial charge in [-0.1, -0.05) is 30.3 Å². The van der Waals surface area contributed by atoms with Crippen LogP contribution >= 0.6 is 24.8 Å². The van der Waals surface area contributed by atoms with Crippen LogP contribution in [-0.4, -0.2) is 49.8 Å². The Kier molecular flexibility index (Phi) is 6.98. The summed E-state index contributed by atoms with van der Waals surface area (Å²) in [4.78, 5) is 6.28. The van der Waals surface area contributed by atoms with Crippen LogP contribution in [0, 0.1) is 0 Å².